The average molecular weight is 595 g/mol. The molecule has 1 N–H and O–H groups in total. The fourth-order valence-electron chi connectivity index (χ4n) is 8.50. The summed E-state index contributed by atoms with van der Waals surface area (Å²) in [5.74, 6) is -4.13. The smallest absolute Gasteiger partial charge is 0.457 e. The molecule has 0 heterocycles. The number of hydrogen-bond donors (Lipinski definition) is 1. The molecular weight excluding hydrogens is 550 g/mol. The van der Waals surface area contributed by atoms with Crippen molar-refractivity contribution in [3.8, 4) is 0 Å². The van der Waals surface area contributed by atoms with Gasteiger partial charge in [-0.3, -0.25) is 14.4 Å². The van der Waals surface area contributed by atoms with Crippen LogP contribution in [0.2, 0.25) is 0 Å². The summed E-state index contributed by atoms with van der Waals surface area (Å²) >= 11 is 0. The molecule has 4 aliphatic rings. The van der Waals surface area contributed by atoms with Crippen molar-refractivity contribution in [2.45, 2.75) is 110 Å². The molecule has 4 rings (SSSR count). The number of carbonyl (C=O) groups excluding carboxylic acids is 4. The molecule has 0 bridgehead atoms. The van der Waals surface area contributed by atoms with Gasteiger partial charge in [0, 0.05) is 29.1 Å². The van der Waals surface area contributed by atoms with Gasteiger partial charge >= 0.3 is 12.1 Å². The van der Waals surface area contributed by atoms with Crippen LogP contribution in [0.15, 0.2) is 23.8 Å². The van der Waals surface area contributed by atoms with E-state index in [4.69, 9.17) is 14.2 Å². The van der Waals surface area contributed by atoms with Crippen molar-refractivity contribution in [3.05, 3.63) is 23.8 Å². The Morgan fingerprint density at radius 2 is 1.76 bits per heavy atom. The maximum Gasteiger partial charge on any atom is 0.509 e. The average Bonchev–Trinajstić information content (AvgIpc) is 3.15. The summed E-state index contributed by atoms with van der Waals surface area (Å²) in [6, 6.07) is 0. The Morgan fingerprint density at radius 1 is 1.07 bits per heavy atom. The standard InChI is InChI=1S/C32H44F2O8/c1-6-8-10-27(38)41-18-26(37)32(42-28(39)40-13-9-7-2)19(3)14-21-22-16-24(33)23-15-20(35)11-12-29(23,4)31(22,34)25(36)17-30(21,32)5/h11-12,15,19,21-22,24-25,36H,6-10,13-14,16-18H2,1-5H3/t19-,21+,22+,24+,25+,29+,30+,31+,32+/m1/s1. The third-order valence-corrected chi connectivity index (χ3v) is 10.6. The van der Waals surface area contributed by atoms with E-state index in [0.717, 1.165) is 18.9 Å². The van der Waals surface area contributed by atoms with Crippen molar-refractivity contribution in [2.24, 2.45) is 28.6 Å². The Labute approximate surface area is 246 Å². The van der Waals surface area contributed by atoms with Crippen LogP contribution in [0.5, 0.6) is 0 Å². The SMILES string of the molecule is CCCCOC(=O)O[C@]1(C(=O)COC(=O)CCCC)[C@H](C)C[C@H]2[C@@H]3C[C@H](F)C4=CC(=O)C=C[C@]4(C)[C@@]3(F)[C@@H](O)C[C@@]21C. The van der Waals surface area contributed by atoms with Crippen LogP contribution in [0, 0.1) is 28.6 Å². The Morgan fingerprint density at radius 3 is 2.43 bits per heavy atom. The molecule has 0 aromatic carbocycles. The molecule has 0 aromatic heterocycles. The Hall–Kier alpha value is -2.62. The van der Waals surface area contributed by atoms with Crippen molar-refractivity contribution in [1.29, 1.82) is 0 Å². The minimum absolute atomic E-state index is 0.000434. The minimum Gasteiger partial charge on any atom is -0.457 e. The zero-order chi connectivity index (χ0) is 31.1. The molecule has 0 amide bonds. The van der Waals surface area contributed by atoms with Gasteiger partial charge in [0.1, 0.15) is 6.17 Å². The zero-order valence-electron chi connectivity index (χ0n) is 25.3. The van der Waals surface area contributed by atoms with Crippen molar-refractivity contribution in [1.82, 2.24) is 0 Å². The molecular formula is C32H44F2O8. The molecule has 4 aliphatic carbocycles. The number of unbranched alkanes of at least 4 members (excludes halogenated alkanes) is 2. The van der Waals surface area contributed by atoms with E-state index in [-0.39, 0.29) is 37.9 Å². The summed E-state index contributed by atoms with van der Waals surface area (Å²) < 4.78 is 49.9. The molecule has 42 heavy (non-hydrogen) atoms. The lowest BCUT2D eigenvalue weighted by molar-refractivity contribution is -0.226. The van der Waals surface area contributed by atoms with E-state index in [2.05, 4.69) is 0 Å². The number of Topliss-reactive ketones (excluding diaryl/α,β-unsaturated/α-hetero) is 1. The third kappa shape index (κ3) is 4.81. The van der Waals surface area contributed by atoms with Gasteiger partial charge in [-0.25, -0.2) is 13.6 Å². The number of alkyl halides is 2. The maximum atomic E-state index is 17.6. The number of ether oxygens (including phenoxy) is 3. The monoisotopic (exact) mass is 594 g/mol. The lowest BCUT2D eigenvalue weighted by Gasteiger charge is -2.63. The van der Waals surface area contributed by atoms with Crippen LogP contribution in [0.25, 0.3) is 0 Å². The molecule has 9 atom stereocenters. The maximum absolute atomic E-state index is 17.6. The van der Waals surface area contributed by atoms with Crippen LogP contribution >= 0.6 is 0 Å². The molecule has 0 spiro atoms. The predicted octanol–water partition coefficient (Wildman–Crippen LogP) is 5.55. The van der Waals surface area contributed by atoms with Gasteiger partial charge in [0.05, 0.1) is 12.7 Å². The Kier molecular flexibility index (Phi) is 9.08. The lowest BCUT2D eigenvalue weighted by Crippen LogP contribution is -2.71. The highest BCUT2D eigenvalue weighted by molar-refractivity contribution is 6.01. The number of halogens is 2. The first-order valence-corrected chi connectivity index (χ1v) is 15.2. The second kappa shape index (κ2) is 11.8. The van der Waals surface area contributed by atoms with Crippen molar-refractivity contribution < 1.29 is 47.3 Å². The molecule has 8 nitrogen and oxygen atoms in total. The number of ketones is 2. The molecule has 3 saturated carbocycles. The highest BCUT2D eigenvalue weighted by Crippen LogP contribution is 2.71. The minimum atomic E-state index is -2.35. The Bertz CT molecular complexity index is 1170. The van der Waals surface area contributed by atoms with Crippen LogP contribution in [0.4, 0.5) is 13.6 Å². The number of esters is 1. The third-order valence-electron chi connectivity index (χ3n) is 10.6. The molecule has 234 valence electrons. The summed E-state index contributed by atoms with van der Waals surface area (Å²) in [7, 11) is 0. The Balaban J connectivity index is 1.75. The quantitative estimate of drug-likeness (QED) is 0.259. The summed E-state index contributed by atoms with van der Waals surface area (Å²) in [5.41, 5.74) is -7.20. The van der Waals surface area contributed by atoms with Crippen LogP contribution in [-0.2, 0) is 28.6 Å². The molecule has 0 aliphatic heterocycles. The molecule has 10 heteroatoms. The highest BCUT2D eigenvalue weighted by Gasteiger charge is 2.78. The number of rotatable bonds is 10. The summed E-state index contributed by atoms with van der Waals surface area (Å²) in [5, 5.41) is 11.6. The van der Waals surface area contributed by atoms with E-state index >= 15 is 8.78 Å². The van der Waals surface area contributed by atoms with Gasteiger partial charge in [0.25, 0.3) is 0 Å². The molecule has 0 unspecified atom stereocenters. The van der Waals surface area contributed by atoms with Gasteiger partial charge in [-0.15, -0.1) is 0 Å². The molecule has 3 fully saturated rings. The predicted molar refractivity (Wildman–Crippen MR) is 149 cm³/mol. The van der Waals surface area contributed by atoms with Crippen LogP contribution in [0.1, 0.15) is 86.0 Å². The fourth-order valence-corrected chi connectivity index (χ4v) is 8.50. The first-order valence-electron chi connectivity index (χ1n) is 15.2. The van der Waals surface area contributed by atoms with Crippen molar-refractivity contribution in [3.63, 3.8) is 0 Å². The van der Waals surface area contributed by atoms with E-state index in [1.54, 1.807) is 13.8 Å². The topological polar surface area (TPSA) is 116 Å². The number of aliphatic hydroxyl groups excluding tert-OH is 1. The van der Waals surface area contributed by atoms with Gasteiger partial charge in [0.2, 0.25) is 5.78 Å². The van der Waals surface area contributed by atoms with Gasteiger partial charge in [-0.2, -0.15) is 0 Å². The van der Waals surface area contributed by atoms with Gasteiger partial charge in [0.15, 0.2) is 23.7 Å². The number of aliphatic hydroxyl groups is 1. The molecule has 0 aromatic rings. The van der Waals surface area contributed by atoms with E-state index in [9.17, 15) is 24.3 Å². The van der Waals surface area contributed by atoms with Crippen LogP contribution in [0.3, 0.4) is 0 Å². The van der Waals surface area contributed by atoms with Crippen LogP contribution in [-0.4, -0.2) is 65.6 Å². The lowest BCUT2D eigenvalue weighted by atomic mass is 9.44. The van der Waals surface area contributed by atoms with E-state index in [0.29, 0.717) is 12.8 Å². The summed E-state index contributed by atoms with van der Waals surface area (Å²) in [6.45, 7) is 8.11. The van der Waals surface area contributed by atoms with Crippen LogP contribution < -0.4 is 0 Å². The van der Waals surface area contributed by atoms with E-state index in [1.165, 1.54) is 19.1 Å². The summed E-state index contributed by atoms with van der Waals surface area (Å²) in [4.78, 5) is 51.5. The second-order valence-corrected chi connectivity index (χ2v) is 13.0. The highest BCUT2D eigenvalue weighted by atomic mass is 19.1. The number of carbonyl (C=O) groups is 4. The molecule has 0 saturated heterocycles. The normalized spacial score (nSPS) is 40.3. The first-order chi connectivity index (χ1) is 19.7. The molecule has 0 radical (unpaired) electrons. The van der Waals surface area contributed by atoms with Gasteiger partial charge in [-0.05, 0) is 62.7 Å². The largest absolute Gasteiger partial charge is 0.509 e. The first kappa shape index (κ1) is 32.3. The van der Waals surface area contributed by atoms with E-state index in [1.807, 2.05) is 13.8 Å². The fraction of sp³-hybridized carbons (Fsp3) is 0.750. The number of hydrogen-bond acceptors (Lipinski definition) is 8. The second-order valence-electron chi connectivity index (χ2n) is 13.0. The van der Waals surface area contributed by atoms with Crippen molar-refractivity contribution in [2.75, 3.05) is 13.2 Å². The summed E-state index contributed by atoms with van der Waals surface area (Å²) in [6.07, 6.45) is 1.67. The van der Waals surface area contributed by atoms with Gasteiger partial charge < -0.3 is 19.3 Å². The van der Waals surface area contributed by atoms with Gasteiger partial charge in [-0.1, -0.05) is 46.6 Å². The number of fused-ring (bicyclic) bond motifs is 5. The van der Waals surface area contributed by atoms with Crippen molar-refractivity contribution >= 4 is 23.7 Å². The number of allylic oxidation sites excluding steroid dienone is 4. The van der Waals surface area contributed by atoms with E-state index < -0.39 is 82.4 Å². The zero-order valence-corrected chi connectivity index (χ0v) is 25.3.